The highest BCUT2D eigenvalue weighted by molar-refractivity contribution is 9.10. The van der Waals surface area contributed by atoms with Crippen LogP contribution in [0.25, 0.3) is 5.69 Å². The highest BCUT2D eigenvalue weighted by atomic mass is 79.9. The van der Waals surface area contributed by atoms with Gasteiger partial charge >= 0.3 is 0 Å². The van der Waals surface area contributed by atoms with Crippen LogP contribution in [-0.2, 0) is 6.54 Å². The van der Waals surface area contributed by atoms with E-state index in [9.17, 15) is 0 Å². The summed E-state index contributed by atoms with van der Waals surface area (Å²) in [7, 11) is 0. The molecular weight excluding hydrogens is 282 g/mol. The van der Waals surface area contributed by atoms with Gasteiger partial charge in [-0.3, -0.25) is 0 Å². The molecular formula is C11H14BrN5. The quantitative estimate of drug-likeness (QED) is 0.935. The minimum atomic E-state index is 0.665. The van der Waals surface area contributed by atoms with E-state index in [1.54, 1.807) is 4.68 Å². The number of halogens is 1. The van der Waals surface area contributed by atoms with Crippen LogP contribution in [0.5, 0.6) is 0 Å². The second kappa shape index (κ2) is 5.37. The van der Waals surface area contributed by atoms with Gasteiger partial charge in [-0.05, 0) is 47.7 Å². The van der Waals surface area contributed by atoms with Crippen molar-refractivity contribution in [3.63, 3.8) is 0 Å². The second-order valence-electron chi connectivity index (χ2n) is 3.72. The number of tetrazole rings is 1. The number of hydrogen-bond acceptors (Lipinski definition) is 4. The molecule has 0 saturated carbocycles. The van der Waals surface area contributed by atoms with Crippen molar-refractivity contribution < 1.29 is 0 Å². The molecule has 0 saturated heterocycles. The molecule has 2 aromatic rings. The van der Waals surface area contributed by atoms with Gasteiger partial charge in [0.25, 0.3) is 0 Å². The van der Waals surface area contributed by atoms with Crippen LogP contribution in [0.1, 0.15) is 18.3 Å². The van der Waals surface area contributed by atoms with E-state index < -0.39 is 0 Å². The van der Waals surface area contributed by atoms with Crippen LogP contribution in [0.2, 0.25) is 0 Å². The fraction of sp³-hybridized carbons (Fsp3) is 0.364. The smallest absolute Gasteiger partial charge is 0.170 e. The summed E-state index contributed by atoms with van der Waals surface area (Å²) in [5.74, 6) is 0.813. The SMILES string of the molecule is CCNCc1nnnn1-c1ccc(Br)c(C)c1. The van der Waals surface area contributed by atoms with Crippen LogP contribution in [0, 0.1) is 6.92 Å². The highest BCUT2D eigenvalue weighted by Crippen LogP contribution is 2.19. The minimum absolute atomic E-state index is 0.665. The summed E-state index contributed by atoms with van der Waals surface area (Å²) in [6, 6.07) is 6.04. The lowest BCUT2D eigenvalue weighted by Gasteiger charge is -2.06. The molecule has 1 aromatic heterocycles. The van der Waals surface area contributed by atoms with Crippen molar-refractivity contribution >= 4 is 15.9 Å². The average Bonchev–Trinajstić information content (AvgIpc) is 2.78. The van der Waals surface area contributed by atoms with Crippen molar-refractivity contribution in [2.24, 2.45) is 0 Å². The summed E-state index contributed by atoms with van der Waals surface area (Å²) in [6.45, 7) is 5.66. The lowest BCUT2D eigenvalue weighted by molar-refractivity contribution is 0.663. The maximum absolute atomic E-state index is 4.01. The fourth-order valence-corrected chi connectivity index (χ4v) is 1.76. The van der Waals surface area contributed by atoms with Crippen LogP contribution >= 0.6 is 15.9 Å². The normalized spacial score (nSPS) is 10.8. The zero-order chi connectivity index (χ0) is 12.3. The number of rotatable bonds is 4. The fourth-order valence-electron chi connectivity index (χ4n) is 1.51. The maximum Gasteiger partial charge on any atom is 0.170 e. The molecule has 1 N–H and O–H groups in total. The number of aromatic nitrogens is 4. The summed E-state index contributed by atoms with van der Waals surface area (Å²) >= 11 is 3.48. The Bertz CT molecular complexity index is 508. The third-order valence-electron chi connectivity index (χ3n) is 2.45. The van der Waals surface area contributed by atoms with Gasteiger partial charge in [-0.2, -0.15) is 4.68 Å². The van der Waals surface area contributed by atoms with Crippen LogP contribution < -0.4 is 5.32 Å². The summed E-state index contributed by atoms with van der Waals surface area (Å²) in [5, 5.41) is 14.9. The van der Waals surface area contributed by atoms with E-state index in [2.05, 4.69) is 49.8 Å². The predicted molar refractivity (Wildman–Crippen MR) is 69.0 cm³/mol. The largest absolute Gasteiger partial charge is 0.310 e. The molecule has 90 valence electrons. The van der Waals surface area contributed by atoms with Crippen molar-refractivity contribution in [2.75, 3.05) is 6.54 Å². The minimum Gasteiger partial charge on any atom is -0.310 e. The van der Waals surface area contributed by atoms with Crippen molar-refractivity contribution in [3.05, 3.63) is 34.1 Å². The first-order valence-corrected chi connectivity index (χ1v) is 6.26. The number of benzene rings is 1. The molecule has 0 aliphatic rings. The Morgan fingerprint density at radius 1 is 1.41 bits per heavy atom. The van der Waals surface area contributed by atoms with Gasteiger partial charge in [-0.25, -0.2) is 0 Å². The Balaban J connectivity index is 2.32. The lowest BCUT2D eigenvalue weighted by Crippen LogP contribution is -2.16. The molecule has 0 bridgehead atoms. The summed E-state index contributed by atoms with van der Waals surface area (Å²) in [5.41, 5.74) is 2.14. The van der Waals surface area contributed by atoms with E-state index in [0.29, 0.717) is 6.54 Å². The molecule has 0 atom stereocenters. The molecule has 0 radical (unpaired) electrons. The predicted octanol–water partition coefficient (Wildman–Crippen LogP) is 1.84. The molecule has 0 aliphatic heterocycles. The first-order chi connectivity index (χ1) is 8.22. The molecule has 5 nitrogen and oxygen atoms in total. The van der Waals surface area contributed by atoms with E-state index in [4.69, 9.17) is 0 Å². The van der Waals surface area contributed by atoms with Crippen molar-refractivity contribution in [1.29, 1.82) is 0 Å². The molecule has 0 fully saturated rings. The Morgan fingerprint density at radius 2 is 2.24 bits per heavy atom. The molecule has 0 aliphatic carbocycles. The zero-order valence-corrected chi connectivity index (χ0v) is 11.4. The van der Waals surface area contributed by atoms with Crippen LogP contribution in [0.15, 0.2) is 22.7 Å². The molecule has 0 unspecified atom stereocenters. The van der Waals surface area contributed by atoms with Gasteiger partial charge in [-0.15, -0.1) is 5.10 Å². The van der Waals surface area contributed by atoms with Crippen LogP contribution in [0.4, 0.5) is 0 Å². The Hall–Kier alpha value is -1.27. The summed E-state index contributed by atoms with van der Waals surface area (Å²) in [4.78, 5) is 0. The van der Waals surface area contributed by atoms with Crippen LogP contribution in [0.3, 0.4) is 0 Å². The van der Waals surface area contributed by atoms with Gasteiger partial charge in [0.2, 0.25) is 0 Å². The number of hydrogen-bond donors (Lipinski definition) is 1. The molecule has 0 spiro atoms. The van der Waals surface area contributed by atoms with E-state index in [1.807, 2.05) is 19.1 Å². The average molecular weight is 296 g/mol. The number of aryl methyl sites for hydroxylation is 1. The second-order valence-corrected chi connectivity index (χ2v) is 4.58. The number of nitrogens with zero attached hydrogens (tertiary/aromatic N) is 4. The van der Waals surface area contributed by atoms with E-state index >= 15 is 0 Å². The van der Waals surface area contributed by atoms with Crippen molar-refractivity contribution in [2.45, 2.75) is 20.4 Å². The maximum atomic E-state index is 4.01. The summed E-state index contributed by atoms with van der Waals surface area (Å²) in [6.07, 6.45) is 0. The molecule has 0 amide bonds. The third-order valence-corrected chi connectivity index (χ3v) is 3.34. The summed E-state index contributed by atoms with van der Waals surface area (Å²) < 4.78 is 2.84. The molecule has 1 heterocycles. The standard InChI is InChI=1S/C11H14BrN5/c1-3-13-7-11-14-15-16-17(11)9-4-5-10(12)8(2)6-9/h4-6,13H,3,7H2,1-2H3. The Labute approximate surface area is 108 Å². The van der Waals surface area contributed by atoms with E-state index in [-0.39, 0.29) is 0 Å². The monoisotopic (exact) mass is 295 g/mol. The van der Waals surface area contributed by atoms with Gasteiger partial charge in [0, 0.05) is 4.47 Å². The third kappa shape index (κ3) is 2.70. The van der Waals surface area contributed by atoms with Crippen LogP contribution in [-0.4, -0.2) is 26.8 Å². The zero-order valence-electron chi connectivity index (χ0n) is 9.81. The van der Waals surface area contributed by atoms with Crippen molar-refractivity contribution in [3.8, 4) is 5.69 Å². The molecule has 17 heavy (non-hydrogen) atoms. The van der Waals surface area contributed by atoms with E-state index in [0.717, 1.165) is 28.1 Å². The van der Waals surface area contributed by atoms with Gasteiger partial charge in [-0.1, -0.05) is 22.9 Å². The van der Waals surface area contributed by atoms with Gasteiger partial charge in [0.1, 0.15) is 0 Å². The molecule has 6 heteroatoms. The van der Waals surface area contributed by atoms with Gasteiger partial charge in [0.15, 0.2) is 5.82 Å². The lowest BCUT2D eigenvalue weighted by atomic mass is 10.2. The Kier molecular flexibility index (Phi) is 3.86. The van der Waals surface area contributed by atoms with Gasteiger partial charge < -0.3 is 5.32 Å². The first kappa shape index (κ1) is 12.2. The molecule has 2 rings (SSSR count). The molecule has 1 aromatic carbocycles. The topological polar surface area (TPSA) is 55.6 Å². The van der Waals surface area contributed by atoms with E-state index in [1.165, 1.54) is 0 Å². The number of nitrogens with one attached hydrogen (secondary N) is 1. The Morgan fingerprint density at radius 3 is 2.94 bits per heavy atom. The highest BCUT2D eigenvalue weighted by Gasteiger charge is 2.08. The van der Waals surface area contributed by atoms with Gasteiger partial charge in [0.05, 0.1) is 12.2 Å². The first-order valence-electron chi connectivity index (χ1n) is 5.47. The van der Waals surface area contributed by atoms with Crippen molar-refractivity contribution in [1.82, 2.24) is 25.5 Å².